The normalized spacial score (nSPS) is 26.0. The van der Waals surface area contributed by atoms with E-state index in [0.29, 0.717) is 23.5 Å². The van der Waals surface area contributed by atoms with Crippen LogP contribution in [0.25, 0.3) is 0 Å². The van der Waals surface area contributed by atoms with Gasteiger partial charge >= 0.3 is 12.2 Å². The number of aromatic nitrogens is 4. The summed E-state index contributed by atoms with van der Waals surface area (Å²) in [4.78, 5) is 33.1. The highest BCUT2D eigenvalue weighted by Gasteiger charge is 2.56. The monoisotopic (exact) mass is 828 g/mol. The van der Waals surface area contributed by atoms with Crippen molar-refractivity contribution in [3.63, 3.8) is 0 Å². The van der Waals surface area contributed by atoms with Gasteiger partial charge in [0.25, 0.3) is 0 Å². The van der Waals surface area contributed by atoms with E-state index >= 15 is 0 Å². The third-order valence-electron chi connectivity index (χ3n) is 12.6. The molecule has 14 heteroatoms. The van der Waals surface area contributed by atoms with E-state index in [1.165, 1.54) is 17.8 Å². The number of halogens is 1. The molecule has 1 atom stereocenters. The Morgan fingerprint density at radius 2 is 1.20 bits per heavy atom. The largest absolute Gasteiger partial charge is 0.444 e. The summed E-state index contributed by atoms with van der Waals surface area (Å²) < 4.78 is 21.7. The van der Waals surface area contributed by atoms with Gasteiger partial charge in [-0.2, -0.15) is 10.2 Å². The van der Waals surface area contributed by atoms with Gasteiger partial charge in [-0.3, -0.25) is 14.3 Å². The van der Waals surface area contributed by atoms with Crippen LogP contribution in [0.5, 0.6) is 0 Å². The number of likely N-dealkylation sites (tertiary alicyclic amines) is 2. The van der Waals surface area contributed by atoms with Gasteiger partial charge in [-0.15, -0.1) is 0 Å². The molecule has 2 aromatic heterocycles. The Morgan fingerprint density at radius 1 is 0.727 bits per heavy atom. The molecule has 306 valence electrons. The lowest BCUT2D eigenvalue weighted by Gasteiger charge is -2.58. The van der Waals surface area contributed by atoms with Crippen LogP contribution in [0.4, 0.5) is 15.4 Å². The fourth-order valence-corrected chi connectivity index (χ4v) is 10.5. The topological polar surface area (TPSA) is 110 Å². The fourth-order valence-electron chi connectivity index (χ4n) is 10.0. The van der Waals surface area contributed by atoms with Crippen molar-refractivity contribution >= 4 is 33.9 Å². The maximum Gasteiger partial charge on any atom is 0.410 e. The molecule has 6 heterocycles. The first kappa shape index (κ1) is 40.4. The van der Waals surface area contributed by atoms with E-state index in [0.717, 1.165) is 102 Å². The van der Waals surface area contributed by atoms with E-state index in [4.69, 9.17) is 19.3 Å². The molecule has 55 heavy (non-hydrogen) atoms. The van der Waals surface area contributed by atoms with Crippen molar-refractivity contribution in [3.8, 4) is 0 Å². The predicted molar refractivity (Wildman–Crippen MR) is 215 cm³/mol. The zero-order chi connectivity index (χ0) is 39.7. The molecule has 13 nitrogen and oxygen atoms in total. The number of amides is 2. The molecule has 6 fully saturated rings. The molecular formula is C41H65BrN8O5. The lowest BCUT2D eigenvalue weighted by atomic mass is 9.61. The van der Waals surface area contributed by atoms with Gasteiger partial charge in [-0.1, -0.05) is 0 Å². The molecular weight excluding hydrogens is 764 g/mol. The number of anilines is 1. The fraction of sp³-hybridized carbons (Fsp3) is 0.805. The summed E-state index contributed by atoms with van der Waals surface area (Å²) in [5.41, 5.74) is 2.21. The molecule has 1 unspecified atom stereocenters. The minimum absolute atomic E-state index is 0.0789. The third kappa shape index (κ3) is 8.71. The van der Waals surface area contributed by atoms with E-state index < -0.39 is 11.2 Å². The third-order valence-corrected chi connectivity index (χ3v) is 13.0. The summed E-state index contributed by atoms with van der Waals surface area (Å²) in [7, 11) is 0. The first-order valence-corrected chi connectivity index (χ1v) is 21.2. The van der Waals surface area contributed by atoms with E-state index in [9.17, 15) is 9.59 Å². The quantitative estimate of drug-likeness (QED) is 0.312. The molecule has 2 aliphatic carbocycles. The van der Waals surface area contributed by atoms with Crippen molar-refractivity contribution in [2.45, 2.75) is 143 Å². The second-order valence-corrected chi connectivity index (χ2v) is 21.0. The summed E-state index contributed by atoms with van der Waals surface area (Å²) in [6.45, 7) is 28.6. The number of nitrogens with zero attached hydrogens (tertiary/aromatic N) is 8. The number of morpholine rings is 1. The van der Waals surface area contributed by atoms with E-state index in [1.54, 1.807) is 0 Å². The van der Waals surface area contributed by atoms with Crippen LogP contribution in [0.2, 0.25) is 0 Å². The standard InChI is InChI=1S/C26H43N5O3.C15H22BrN3O2/c1-19-13-22(30-8-7-20(14-25(30,5)6)28-9-11-33-12-10-28)27-31(19)21-15-26(16-21)17-29(18-26)23(32)34-24(2,3)4;1-10-5-12(16)17-19(10)11-6-15(7-11)8-18(9-15)13(20)21-14(2,3)4/h13,20-21H,7-12,14-18H2,1-6H3;5,11H,6-9H2,1-4H3. The first-order chi connectivity index (χ1) is 25.6. The van der Waals surface area contributed by atoms with Gasteiger partial charge in [0, 0.05) is 85.7 Å². The van der Waals surface area contributed by atoms with Crippen LogP contribution in [-0.2, 0) is 14.2 Å². The molecule has 0 radical (unpaired) electrons. The smallest absolute Gasteiger partial charge is 0.410 e. The Bertz CT molecular complexity index is 1710. The molecule has 8 rings (SSSR count). The van der Waals surface area contributed by atoms with Crippen LogP contribution >= 0.6 is 15.9 Å². The van der Waals surface area contributed by atoms with Crippen molar-refractivity contribution in [1.82, 2.24) is 34.3 Å². The van der Waals surface area contributed by atoms with Gasteiger partial charge in [-0.25, -0.2) is 9.59 Å². The van der Waals surface area contributed by atoms with Crippen molar-refractivity contribution < 1.29 is 23.8 Å². The van der Waals surface area contributed by atoms with Gasteiger partial charge in [0.1, 0.15) is 15.8 Å². The van der Waals surface area contributed by atoms with Crippen LogP contribution < -0.4 is 4.90 Å². The molecule has 2 amide bonds. The zero-order valence-corrected chi connectivity index (χ0v) is 36.6. The Morgan fingerprint density at radius 3 is 1.64 bits per heavy atom. The van der Waals surface area contributed by atoms with Gasteiger partial charge in [0.05, 0.1) is 25.3 Å². The lowest BCUT2D eigenvalue weighted by Crippen LogP contribution is -2.64. The second kappa shape index (κ2) is 14.5. The van der Waals surface area contributed by atoms with Crippen molar-refractivity contribution in [3.05, 3.63) is 28.1 Å². The molecule has 6 aliphatic rings. The molecule has 2 saturated carbocycles. The number of hydrogen-bond acceptors (Lipinski definition) is 9. The molecule has 0 aromatic carbocycles. The summed E-state index contributed by atoms with van der Waals surface area (Å²) in [5.74, 6) is 1.12. The van der Waals surface area contributed by atoms with Crippen LogP contribution in [0.1, 0.15) is 117 Å². The van der Waals surface area contributed by atoms with Crippen LogP contribution in [0.3, 0.4) is 0 Å². The summed E-state index contributed by atoms with van der Waals surface area (Å²) >= 11 is 3.42. The molecule has 2 aromatic rings. The summed E-state index contributed by atoms with van der Waals surface area (Å²) in [5, 5.41) is 9.61. The molecule has 4 saturated heterocycles. The minimum atomic E-state index is -0.436. The number of piperidine rings is 1. The maximum absolute atomic E-state index is 12.3. The zero-order valence-electron chi connectivity index (χ0n) is 35.0. The number of ether oxygens (including phenoxy) is 3. The Hall–Kier alpha value is -2.84. The summed E-state index contributed by atoms with van der Waals surface area (Å²) in [6, 6.07) is 5.85. The number of carbonyl (C=O) groups excluding carboxylic acids is 2. The highest BCUT2D eigenvalue weighted by Crippen LogP contribution is 2.55. The molecule has 2 spiro atoms. The number of hydrogen-bond donors (Lipinski definition) is 0. The summed E-state index contributed by atoms with van der Waals surface area (Å²) in [6.07, 6.45) is 6.36. The van der Waals surface area contributed by atoms with Gasteiger partial charge < -0.3 is 28.9 Å². The van der Waals surface area contributed by atoms with Crippen molar-refractivity contribution in [1.29, 1.82) is 0 Å². The first-order valence-electron chi connectivity index (χ1n) is 20.5. The maximum atomic E-state index is 12.3. The van der Waals surface area contributed by atoms with E-state index in [2.05, 4.69) is 74.0 Å². The number of aryl methyl sites for hydroxylation is 2. The van der Waals surface area contributed by atoms with Crippen molar-refractivity contribution in [2.24, 2.45) is 10.8 Å². The highest BCUT2D eigenvalue weighted by atomic mass is 79.9. The molecule has 0 bridgehead atoms. The van der Waals surface area contributed by atoms with E-state index in [-0.39, 0.29) is 23.1 Å². The Kier molecular flexibility index (Phi) is 10.7. The van der Waals surface area contributed by atoms with Gasteiger partial charge in [-0.05, 0) is 130 Å². The lowest BCUT2D eigenvalue weighted by molar-refractivity contribution is -0.0932. The second-order valence-electron chi connectivity index (χ2n) is 20.2. The average Bonchev–Trinajstić information content (AvgIpc) is 3.52. The molecule has 0 N–H and O–H groups in total. The van der Waals surface area contributed by atoms with Gasteiger partial charge in [0.2, 0.25) is 0 Å². The molecule has 4 aliphatic heterocycles. The van der Waals surface area contributed by atoms with E-state index in [1.807, 2.05) is 57.4 Å². The SMILES string of the molecule is Cc1cc(Br)nn1C1CC2(C1)CN(C(=O)OC(C)(C)C)C2.Cc1cc(N2CCC(N3CCOCC3)CC2(C)C)nn1C1CC2(C1)CN(C(=O)OC(C)(C)C)C2. The van der Waals surface area contributed by atoms with Crippen LogP contribution in [0, 0.1) is 24.7 Å². The Balaban J connectivity index is 0.000000190. The number of rotatable bonds is 4. The average molecular weight is 830 g/mol. The van der Waals surface area contributed by atoms with Crippen LogP contribution in [0.15, 0.2) is 16.7 Å². The highest BCUT2D eigenvalue weighted by molar-refractivity contribution is 9.10. The van der Waals surface area contributed by atoms with Gasteiger partial charge in [0.15, 0.2) is 5.82 Å². The van der Waals surface area contributed by atoms with Crippen molar-refractivity contribution in [2.75, 3.05) is 63.9 Å². The number of carbonyl (C=O) groups is 2. The predicted octanol–water partition coefficient (Wildman–Crippen LogP) is 7.37. The minimum Gasteiger partial charge on any atom is -0.444 e. The Labute approximate surface area is 336 Å². The van der Waals surface area contributed by atoms with Crippen LogP contribution in [-0.4, -0.2) is 128 Å².